The van der Waals surface area contributed by atoms with Crippen molar-refractivity contribution in [3.8, 4) is 0 Å². The molecular formula is C46H74NO12P. The number of esters is 2. The van der Waals surface area contributed by atoms with Crippen molar-refractivity contribution in [3.63, 3.8) is 0 Å². The number of aliphatic hydroxyl groups excluding tert-OH is 2. The van der Waals surface area contributed by atoms with E-state index < -0.39 is 69.9 Å². The van der Waals surface area contributed by atoms with Gasteiger partial charge >= 0.3 is 25.7 Å². The molecule has 13 nitrogen and oxygen atoms in total. The van der Waals surface area contributed by atoms with Crippen LogP contribution in [-0.2, 0) is 37.5 Å². The van der Waals surface area contributed by atoms with Crippen molar-refractivity contribution in [1.29, 1.82) is 0 Å². The molecule has 0 aromatic carbocycles. The highest BCUT2D eigenvalue weighted by atomic mass is 31.2. The average molecular weight is 864 g/mol. The topological polar surface area (TPSA) is 212 Å². The lowest BCUT2D eigenvalue weighted by Gasteiger charge is -2.20. The number of unbranched alkanes of at least 4 members (excludes halogenated alkanes) is 7. The first kappa shape index (κ1) is 56.3. The summed E-state index contributed by atoms with van der Waals surface area (Å²) in [4.78, 5) is 46.0. The highest BCUT2D eigenvalue weighted by molar-refractivity contribution is 7.47. The minimum atomic E-state index is -4.80. The minimum Gasteiger partial charge on any atom is -0.480 e. The van der Waals surface area contributed by atoms with E-state index >= 15 is 0 Å². The van der Waals surface area contributed by atoms with Gasteiger partial charge in [-0.2, -0.15) is 0 Å². The molecule has 0 aliphatic rings. The molecule has 0 fully saturated rings. The Morgan fingerprint density at radius 2 is 1.18 bits per heavy atom. The Bertz CT molecular complexity index is 1420. The number of carboxylic acids is 1. The molecule has 5 atom stereocenters. The molecule has 0 bridgehead atoms. The van der Waals surface area contributed by atoms with Gasteiger partial charge in [0.05, 0.1) is 25.4 Å². The van der Waals surface area contributed by atoms with Crippen LogP contribution < -0.4 is 5.73 Å². The van der Waals surface area contributed by atoms with Gasteiger partial charge in [0, 0.05) is 12.8 Å². The zero-order chi connectivity index (χ0) is 44.5. The molecule has 0 saturated heterocycles. The van der Waals surface area contributed by atoms with Crippen LogP contribution in [0, 0.1) is 0 Å². The SMILES string of the molecule is CC/C=C\C/C=C\C/C=C\C/C=C\CCCCCCC(=O)OC[C@H](COP(=O)(O)OC[C@H](N)C(=O)O)OC(=O)CCC[C@@H](O)\C=C/C=C/C=C/[C@@H](O)C/C=C\CCCCC. The van der Waals surface area contributed by atoms with Gasteiger partial charge in [-0.15, -0.1) is 0 Å². The van der Waals surface area contributed by atoms with Crippen LogP contribution in [0.4, 0.5) is 0 Å². The first-order valence-electron chi connectivity index (χ1n) is 21.5. The van der Waals surface area contributed by atoms with E-state index in [1.807, 2.05) is 6.08 Å². The normalized spacial score (nSPS) is 15.7. The number of allylic oxidation sites excluding steroid dienone is 13. The summed E-state index contributed by atoms with van der Waals surface area (Å²) >= 11 is 0. The van der Waals surface area contributed by atoms with Gasteiger partial charge < -0.3 is 35.4 Å². The molecule has 0 saturated carbocycles. The standard InChI is InChI=1S/C46H74NO12P/c1-3-5-7-9-11-12-13-14-15-16-17-18-19-20-21-23-29-35-44(50)56-37-42(38-57-60(54,55)58-39-43(47)46(52)53)59-45(51)36-30-34-41(49)33-28-25-24-27-32-40(48)31-26-22-10-8-6-4-2/h5,7,11-12,14-15,17-18,22,24-28,32-33,40-43,48-49H,3-4,6,8-10,13,16,19-21,23,29-31,34-39,47H2,1-2H3,(H,52,53)(H,54,55)/b7-5-,12-11-,15-14-,18-17-,25-24+,26-22-,32-27+,33-28-/t40-,41-,42+,43-/m0/s1. The molecule has 6 N–H and O–H groups in total. The van der Waals surface area contributed by atoms with Crippen LogP contribution in [-0.4, -0.2) is 82.3 Å². The summed E-state index contributed by atoms with van der Waals surface area (Å²) in [5.74, 6) is -2.70. The van der Waals surface area contributed by atoms with E-state index in [0.717, 1.165) is 64.2 Å². The first-order valence-corrected chi connectivity index (χ1v) is 23.0. The Balaban J connectivity index is 4.70. The van der Waals surface area contributed by atoms with Crippen LogP contribution in [0.15, 0.2) is 97.2 Å². The third-order valence-corrected chi connectivity index (χ3v) is 9.46. The van der Waals surface area contributed by atoms with Gasteiger partial charge in [0.2, 0.25) is 0 Å². The summed E-state index contributed by atoms with van der Waals surface area (Å²) in [6, 6.07) is -1.57. The molecule has 340 valence electrons. The quantitative estimate of drug-likeness (QED) is 0.0129. The Morgan fingerprint density at radius 3 is 1.82 bits per heavy atom. The fourth-order valence-corrected chi connectivity index (χ4v) is 5.85. The molecule has 0 heterocycles. The molecule has 0 spiro atoms. The molecular weight excluding hydrogens is 789 g/mol. The van der Waals surface area contributed by atoms with E-state index in [-0.39, 0.29) is 25.7 Å². The lowest BCUT2D eigenvalue weighted by molar-refractivity contribution is -0.161. The maximum atomic E-state index is 12.6. The zero-order valence-electron chi connectivity index (χ0n) is 36.0. The summed E-state index contributed by atoms with van der Waals surface area (Å²) in [6.45, 7) is 2.33. The average Bonchev–Trinajstić information content (AvgIpc) is 3.21. The van der Waals surface area contributed by atoms with Crippen molar-refractivity contribution >= 4 is 25.7 Å². The number of aliphatic hydroxyl groups is 2. The second-order valence-electron chi connectivity index (χ2n) is 14.1. The Labute approximate surface area is 359 Å². The van der Waals surface area contributed by atoms with E-state index in [1.165, 1.54) is 12.8 Å². The van der Waals surface area contributed by atoms with Crippen LogP contribution in [0.5, 0.6) is 0 Å². The largest absolute Gasteiger partial charge is 0.480 e. The van der Waals surface area contributed by atoms with Crippen LogP contribution in [0.3, 0.4) is 0 Å². The van der Waals surface area contributed by atoms with Crippen molar-refractivity contribution in [1.82, 2.24) is 0 Å². The zero-order valence-corrected chi connectivity index (χ0v) is 36.9. The number of phosphoric acid groups is 1. The van der Waals surface area contributed by atoms with Gasteiger partial charge in [-0.25, -0.2) is 4.57 Å². The number of nitrogens with two attached hydrogens (primary N) is 1. The number of hydrogen-bond acceptors (Lipinski definition) is 11. The summed E-state index contributed by atoms with van der Waals surface area (Å²) in [6.07, 6.45) is 42.4. The summed E-state index contributed by atoms with van der Waals surface area (Å²) in [7, 11) is -4.80. The van der Waals surface area contributed by atoms with Gasteiger partial charge in [-0.3, -0.25) is 23.4 Å². The molecule has 0 aromatic heterocycles. The van der Waals surface area contributed by atoms with Gasteiger partial charge in [0.1, 0.15) is 12.6 Å². The highest BCUT2D eigenvalue weighted by Crippen LogP contribution is 2.43. The molecule has 0 radical (unpaired) electrons. The number of carboxylic acid groups (broad SMARTS) is 1. The number of ether oxygens (including phenoxy) is 2. The maximum Gasteiger partial charge on any atom is 0.472 e. The van der Waals surface area contributed by atoms with Crippen molar-refractivity contribution in [2.75, 3.05) is 19.8 Å². The third-order valence-electron chi connectivity index (χ3n) is 8.51. The van der Waals surface area contributed by atoms with Crippen molar-refractivity contribution < 1.29 is 57.7 Å². The molecule has 1 unspecified atom stereocenters. The predicted octanol–water partition coefficient (Wildman–Crippen LogP) is 9.22. The van der Waals surface area contributed by atoms with Crippen molar-refractivity contribution in [2.45, 2.75) is 154 Å². The van der Waals surface area contributed by atoms with Gasteiger partial charge in [-0.1, -0.05) is 137 Å². The number of phosphoric ester groups is 1. The Hall–Kier alpha value is -3.68. The molecule has 0 aliphatic carbocycles. The van der Waals surface area contributed by atoms with Crippen LogP contribution >= 0.6 is 7.82 Å². The first-order chi connectivity index (χ1) is 28.9. The van der Waals surface area contributed by atoms with E-state index in [2.05, 4.69) is 73.1 Å². The van der Waals surface area contributed by atoms with Gasteiger partial charge in [-0.05, 0) is 77.0 Å². The predicted molar refractivity (Wildman–Crippen MR) is 238 cm³/mol. The Kier molecular flexibility index (Phi) is 37.0. The number of carbonyl (C=O) groups excluding carboxylic acids is 2. The smallest absolute Gasteiger partial charge is 0.472 e. The minimum absolute atomic E-state index is 0.111. The van der Waals surface area contributed by atoms with Crippen LogP contribution in [0.2, 0.25) is 0 Å². The van der Waals surface area contributed by atoms with Gasteiger partial charge in [0.15, 0.2) is 6.10 Å². The number of hydrogen-bond donors (Lipinski definition) is 5. The van der Waals surface area contributed by atoms with Crippen LogP contribution in [0.25, 0.3) is 0 Å². The number of rotatable bonds is 38. The maximum absolute atomic E-state index is 12.6. The second kappa shape index (κ2) is 39.5. The second-order valence-corrected chi connectivity index (χ2v) is 15.6. The molecule has 14 heteroatoms. The summed E-state index contributed by atoms with van der Waals surface area (Å²) < 4.78 is 32.5. The monoisotopic (exact) mass is 863 g/mol. The summed E-state index contributed by atoms with van der Waals surface area (Å²) in [5.41, 5.74) is 5.31. The molecule has 0 rings (SSSR count). The molecule has 0 aromatic rings. The lowest BCUT2D eigenvalue weighted by atomic mass is 10.1. The van der Waals surface area contributed by atoms with Crippen LogP contribution in [0.1, 0.15) is 129 Å². The fraction of sp³-hybridized carbons (Fsp3) is 0.587. The summed E-state index contributed by atoms with van der Waals surface area (Å²) in [5, 5.41) is 29.2. The van der Waals surface area contributed by atoms with E-state index in [9.17, 15) is 34.1 Å². The van der Waals surface area contributed by atoms with Crippen molar-refractivity contribution in [3.05, 3.63) is 97.2 Å². The number of carbonyl (C=O) groups is 3. The Morgan fingerprint density at radius 1 is 0.633 bits per heavy atom. The number of aliphatic carboxylic acids is 1. The van der Waals surface area contributed by atoms with E-state index in [4.69, 9.17) is 24.8 Å². The van der Waals surface area contributed by atoms with E-state index in [0.29, 0.717) is 12.8 Å². The fourth-order valence-electron chi connectivity index (χ4n) is 5.07. The highest BCUT2D eigenvalue weighted by Gasteiger charge is 2.28. The lowest BCUT2D eigenvalue weighted by Crippen LogP contribution is -2.34. The van der Waals surface area contributed by atoms with Crippen molar-refractivity contribution in [2.24, 2.45) is 5.73 Å². The van der Waals surface area contributed by atoms with E-state index in [1.54, 1.807) is 36.5 Å². The molecule has 0 amide bonds. The molecule has 0 aliphatic heterocycles. The van der Waals surface area contributed by atoms with Gasteiger partial charge in [0.25, 0.3) is 0 Å². The molecule has 60 heavy (non-hydrogen) atoms. The third kappa shape index (κ3) is 38.5.